The Morgan fingerprint density at radius 3 is 3.08 bits per heavy atom. The average molecular weight is 166 g/mol. The summed E-state index contributed by atoms with van der Waals surface area (Å²) in [6.45, 7) is 1.46. The number of rotatable bonds is 1. The summed E-state index contributed by atoms with van der Waals surface area (Å²) in [5.41, 5.74) is 2.45. The van der Waals surface area contributed by atoms with Gasteiger partial charge in [0.25, 0.3) is 0 Å². The monoisotopic (exact) mass is 166 g/mol. The molecule has 0 bridgehead atoms. The lowest BCUT2D eigenvalue weighted by Crippen LogP contribution is -2.06. The molecule has 4 nitrogen and oxygen atoms in total. The molecule has 0 spiro atoms. The van der Waals surface area contributed by atoms with Gasteiger partial charge in [0.15, 0.2) is 0 Å². The molecule has 0 amide bonds. The summed E-state index contributed by atoms with van der Waals surface area (Å²) in [5, 5.41) is 11.9. The van der Waals surface area contributed by atoms with Gasteiger partial charge < -0.3 is 15.0 Å². The van der Waals surface area contributed by atoms with Gasteiger partial charge in [-0.25, -0.2) is 4.79 Å². The van der Waals surface area contributed by atoms with E-state index in [9.17, 15) is 4.79 Å². The first kappa shape index (κ1) is 7.36. The van der Waals surface area contributed by atoms with Crippen LogP contribution in [0.4, 0.5) is 0 Å². The SMILES string of the molecule is Cn1cc(C(=O)O)c2c1CNC2. The fourth-order valence-electron chi connectivity index (χ4n) is 1.64. The summed E-state index contributed by atoms with van der Waals surface area (Å²) in [6.07, 6.45) is 1.67. The third-order valence-electron chi connectivity index (χ3n) is 2.25. The van der Waals surface area contributed by atoms with Crippen LogP contribution in [0.2, 0.25) is 0 Å². The molecular formula is C8H10N2O2. The smallest absolute Gasteiger partial charge is 0.337 e. The van der Waals surface area contributed by atoms with Crippen LogP contribution in [0.1, 0.15) is 21.6 Å². The van der Waals surface area contributed by atoms with Gasteiger partial charge in [-0.1, -0.05) is 0 Å². The molecule has 2 N–H and O–H groups in total. The van der Waals surface area contributed by atoms with Crippen molar-refractivity contribution in [3.05, 3.63) is 23.0 Å². The van der Waals surface area contributed by atoms with E-state index in [4.69, 9.17) is 5.11 Å². The molecule has 0 atom stereocenters. The number of carbonyl (C=O) groups is 1. The second-order valence-electron chi connectivity index (χ2n) is 2.99. The van der Waals surface area contributed by atoms with Gasteiger partial charge in [-0.2, -0.15) is 0 Å². The molecule has 0 aromatic carbocycles. The largest absolute Gasteiger partial charge is 0.478 e. The summed E-state index contributed by atoms with van der Waals surface area (Å²) >= 11 is 0. The Hall–Kier alpha value is -1.29. The number of fused-ring (bicyclic) bond motifs is 1. The zero-order valence-electron chi connectivity index (χ0n) is 6.79. The van der Waals surface area contributed by atoms with Gasteiger partial charge in [0.1, 0.15) is 0 Å². The van der Waals surface area contributed by atoms with Crippen LogP contribution in [-0.2, 0) is 20.1 Å². The summed E-state index contributed by atoms with van der Waals surface area (Å²) in [6, 6.07) is 0. The minimum absolute atomic E-state index is 0.428. The second kappa shape index (κ2) is 2.35. The molecule has 1 aromatic rings. The number of aromatic carboxylic acids is 1. The minimum atomic E-state index is -0.837. The van der Waals surface area contributed by atoms with Gasteiger partial charge in [0, 0.05) is 37.6 Å². The normalized spacial score (nSPS) is 14.8. The quantitative estimate of drug-likeness (QED) is 0.632. The van der Waals surface area contributed by atoms with Crippen LogP contribution in [0.5, 0.6) is 0 Å². The maximum Gasteiger partial charge on any atom is 0.337 e. The van der Waals surface area contributed by atoms with Crippen molar-refractivity contribution in [2.24, 2.45) is 7.05 Å². The van der Waals surface area contributed by atoms with Gasteiger partial charge in [-0.05, 0) is 0 Å². The topological polar surface area (TPSA) is 54.3 Å². The third kappa shape index (κ3) is 0.848. The summed E-state index contributed by atoms with van der Waals surface area (Å²) < 4.78 is 1.87. The average Bonchev–Trinajstić information content (AvgIpc) is 2.53. The third-order valence-corrected chi connectivity index (χ3v) is 2.25. The number of aromatic nitrogens is 1. The van der Waals surface area contributed by atoms with Gasteiger partial charge in [-0.15, -0.1) is 0 Å². The number of carboxylic acid groups (broad SMARTS) is 1. The Labute approximate surface area is 69.8 Å². The molecule has 4 heteroatoms. The number of nitrogens with zero attached hydrogens (tertiary/aromatic N) is 1. The highest BCUT2D eigenvalue weighted by atomic mass is 16.4. The maximum atomic E-state index is 10.7. The Bertz CT molecular complexity index is 341. The highest BCUT2D eigenvalue weighted by Crippen LogP contribution is 2.21. The predicted molar refractivity (Wildman–Crippen MR) is 42.9 cm³/mol. The van der Waals surface area contributed by atoms with Crippen LogP contribution in [-0.4, -0.2) is 15.6 Å². The van der Waals surface area contributed by atoms with Gasteiger partial charge in [0.2, 0.25) is 0 Å². The molecule has 0 unspecified atom stereocenters. The second-order valence-corrected chi connectivity index (χ2v) is 2.99. The fraction of sp³-hybridized carbons (Fsp3) is 0.375. The molecule has 12 heavy (non-hydrogen) atoms. The van der Waals surface area contributed by atoms with E-state index in [1.807, 2.05) is 11.6 Å². The van der Waals surface area contributed by atoms with Crippen molar-refractivity contribution in [2.75, 3.05) is 0 Å². The first-order chi connectivity index (χ1) is 5.70. The zero-order valence-corrected chi connectivity index (χ0v) is 6.79. The highest BCUT2D eigenvalue weighted by Gasteiger charge is 2.21. The van der Waals surface area contributed by atoms with Crippen molar-refractivity contribution in [1.82, 2.24) is 9.88 Å². The Morgan fingerprint density at radius 2 is 2.42 bits per heavy atom. The van der Waals surface area contributed by atoms with E-state index in [-0.39, 0.29) is 0 Å². The van der Waals surface area contributed by atoms with Crippen LogP contribution < -0.4 is 5.32 Å². The van der Waals surface area contributed by atoms with Crippen molar-refractivity contribution in [1.29, 1.82) is 0 Å². The summed E-state index contributed by atoms with van der Waals surface area (Å²) in [7, 11) is 1.87. The van der Waals surface area contributed by atoms with Crippen LogP contribution in [0.25, 0.3) is 0 Å². The highest BCUT2D eigenvalue weighted by molar-refractivity contribution is 5.89. The van der Waals surface area contributed by atoms with E-state index in [1.165, 1.54) is 0 Å². The van der Waals surface area contributed by atoms with Crippen molar-refractivity contribution in [3.63, 3.8) is 0 Å². The van der Waals surface area contributed by atoms with Crippen LogP contribution >= 0.6 is 0 Å². The predicted octanol–water partition coefficient (Wildman–Crippen LogP) is 0.326. The first-order valence-electron chi connectivity index (χ1n) is 3.81. The number of hydrogen-bond donors (Lipinski definition) is 2. The lowest BCUT2D eigenvalue weighted by Gasteiger charge is -1.95. The number of aryl methyl sites for hydroxylation is 1. The van der Waals surface area contributed by atoms with Gasteiger partial charge in [0.05, 0.1) is 5.56 Å². The molecule has 2 heterocycles. The standard InChI is InChI=1S/C8H10N2O2/c1-10-4-6(8(11)12)5-2-9-3-7(5)10/h4,9H,2-3H2,1H3,(H,11,12). The molecule has 0 saturated carbocycles. The molecule has 1 aromatic heterocycles. The maximum absolute atomic E-state index is 10.7. The minimum Gasteiger partial charge on any atom is -0.478 e. The molecule has 64 valence electrons. The number of nitrogens with one attached hydrogen (secondary N) is 1. The van der Waals surface area contributed by atoms with E-state index < -0.39 is 5.97 Å². The number of hydrogen-bond acceptors (Lipinski definition) is 2. The van der Waals surface area contributed by atoms with Crippen LogP contribution in [0, 0.1) is 0 Å². The molecule has 0 aliphatic carbocycles. The van der Waals surface area contributed by atoms with Crippen molar-refractivity contribution < 1.29 is 9.90 Å². The number of carboxylic acids is 1. The van der Waals surface area contributed by atoms with Crippen LogP contribution in [0.3, 0.4) is 0 Å². The Balaban J connectivity index is 2.58. The van der Waals surface area contributed by atoms with Gasteiger partial charge in [-0.3, -0.25) is 0 Å². The van der Waals surface area contributed by atoms with E-state index >= 15 is 0 Å². The molecular weight excluding hydrogens is 156 g/mol. The molecule has 0 radical (unpaired) electrons. The summed E-state index contributed by atoms with van der Waals surface area (Å²) in [4.78, 5) is 10.7. The van der Waals surface area contributed by atoms with Crippen molar-refractivity contribution >= 4 is 5.97 Å². The van der Waals surface area contributed by atoms with E-state index in [2.05, 4.69) is 5.32 Å². The molecule has 2 rings (SSSR count). The zero-order chi connectivity index (χ0) is 8.72. The molecule has 1 aliphatic heterocycles. The summed E-state index contributed by atoms with van der Waals surface area (Å²) in [5.74, 6) is -0.837. The fourth-order valence-corrected chi connectivity index (χ4v) is 1.64. The molecule has 1 aliphatic rings. The van der Waals surface area contributed by atoms with E-state index in [0.29, 0.717) is 12.1 Å². The first-order valence-corrected chi connectivity index (χ1v) is 3.81. The lowest BCUT2D eigenvalue weighted by molar-refractivity contribution is 0.0696. The molecule has 0 saturated heterocycles. The van der Waals surface area contributed by atoms with E-state index in [0.717, 1.165) is 17.8 Å². The molecule has 0 fully saturated rings. The Morgan fingerprint density at radius 1 is 1.67 bits per heavy atom. The van der Waals surface area contributed by atoms with Gasteiger partial charge >= 0.3 is 5.97 Å². The Kier molecular flexibility index (Phi) is 1.44. The lowest BCUT2D eigenvalue weighted by atomic mass is 10.2. The van der Waals surface area contributed by atoms with E-state index in [1.54, 1.807) is 6.20 Å². The van der Waals surface area contributed by atoms with Crippen molar-refractivity contribution in [2.45, 2.75) is 13.1 Å². The van der Waals surface area contributed by atoms with Crippen LogP contribution in [0.15, 0.2) is 6.20 Å². The van der Waals surface area contributed by atoms with Crippen molar-refractivity contribution in [3.8, 4) is 0 Å².